The van der Waals surface area contributed by atoms with Crippen LogP contribution < -0.4 is 5.32 Å². The molecule has 0 spiro atoms. The molecule has 0 aromatic heterocycles. The zero-order valence-corrected chi connectivity index (χ0v) is 15.4. The molecular formula is C20H41NO. The van der Waals surface area contributed by atoms with Crippen LogP contribution in [0.15, 0.2) is 0 Å². The van der Waals surface area contributed by atoms with Gasteiger partial charge in [0.1, 0.15) is 0 Å². The molecule has 1 fully saturated rings. The van der Waals surface area contributed by atoms with Crippen LogP contribution >= 0.6 is 0 Å². The lowest BCUT2D eigenvalue weighted by Crippen LogP contribution is -2.38. The molecule has 22 heavy (non-hydrogen) atoms. The van der Waals surface area contributed by atoms with Crippen molar-refractivity contribution in [2.24, 2.45) is 0 Å². The first-order valence-electron chi connectivity index (χ1n) is 10.1. The summed E-state index contributed by atoms with van der Waals surface area (Å²) in [6, 6.07) is 0. The van der Waals surface area contributed by atoms with Gasteiger partial charge in [-0.05, 0) is 13.3 Å². The number of hydrogen-bond acceptors (Lipinski definition) is 2. The predicted molar refractivity (Wildman–Crippen MR) is 97.3 cm³/mol. The summed E-state index contributed by atoms with van der Waals surface area (Å²) in [7, 11) is 0. The van der Waals surface area contributed by atoms with E-state index in [2.05, 4.69) is 19.2 Å². The van der Waals surface area contributed by atoms with Crippen LogP contribution in [-0.4, -0.2) is 18.9 Å². The SMILES string of the molecule is CCCCCCCCCCCCCCCCC1(C)COCN1. The molecule has 1 unspecified atom stereocenters. The first-order valence-corrected chi connectivity index (χ1v) is 10.1. The standard InChI is InChI=1S/C20H41NO/c1-3-4-5-6-7-8-9-10-11-12-13-14-15-16-17-20(2)18-22-19-21-20/h21H,3-19H2,1-2H3. The van der Waals surface area contributed by atoms with Crippen molar-refractivity contribution in [2.75, 3.05) is 13.3 Å². The number of ether oxygens (including phenoxy) is 1. The minimum absolute atomic E-state index is 0.261. The Hall–Kier alpha value is -0.0800. The zero-order valence-electron chi connectivity index (χ0n) is 15.4. The van der Waals surface area contributed by atoms with Crippen LogP contribution in [0.4, 0.5) is 0 Å². The zero-order chi connectivity index (χ0) is 15.9. The van der Waals surface area contributed by atoms with Crippen molar-refractivity contribution in [1.82, 2.24) is 5.32 Å². The fourth-order valence-electron chi connectivity index (χ4n) is 3.42. The number of nitrogens with one attached hydrogen (secondary N) is 1. The molecule has 1 N–H and O–H groups in total. The lowest BCUT2D eigenvalue weighted by molar-refractivity contribution is 0.176. The summed E-state index contributed by atoms with van der Waals surface area (Å²) in [6.45, 7) is 6.23. The van der Waals surface area contributed by atoms with Gasteiger partial charge in [-0.3, -0.25) is 5.32 Å². The second-order valence-corrected chi connectivity index (χ2v) is 7.58. The molecule has 1 heterocycles. The quantitative estimate of drug-likeness (QED) is 0.364. The van der Waals surface area contributed by atoms with Crippen LogP contribution in [0.25, 0.3) is 0 Å². The van der Waals surface area contributed by atoms with E-state index in [1.165, 1.54) is 96.3 Å². The second-order valence-electron chi connectivity index (χ2n) is 7.58. The van der Waals surface area contributed by atoms with E-state index in [0.29, 0.717) is 0 Å². The highest BCUT2D eigenvalue weighted by molar-refractivity contribution is 4.85. The van der Waals surface area contributed by atoms with Crippen molar-refractivity contribution in [1.29, 1.82) is 0 Å². The van der Waals surface area contributed by atoms with E-state index < -0.39 is 0 Å². The molecule has 1 aliphatic heterocycles. The molecule has 2 heteroatoms. The highest BCUT2D eigenvalue weighted by atomic mass is 16.5. The van der Waals surface area contributed by atoms with Crippen molar-refractivity contribution in [3.05, 3.63) is 0 Å². The highest BCUT2D eigenvalue weighted by Crippen LogP contribution is 2.20. The number of unbranched alkanes of at least 4 members (excludes halogenated alkanes) is 13. The number of hydrogen-bond donors (Lipinski definition) is 1. The first-order chi connectivity index (χ1) is 10.8. The summed E-state index contributed by atoms with van der Waals surface area (Å²) in [6.07, 6.45) is 21.4. The second kappa shape index (κ2) is 13.4. The Balaban J connectivity index is 1.71. The average molecular weight is 312 g/mol. The van der Waals surface area contributed by atoms with Gasteiger partial charge in [0.25, 0.3) is 0 Å². The van der Waals surface area contributed by atoms with Crippen molar-refractivity contribution in [2.45, 2.75) is 116 Å². The summed E-state index contributed by atoms with van der Waals surface area (Å²) < 4.78 is 5.42. The third kappa shape index (κ3) is 10.6. The topological polar surface area (TPSA) is 21.3 Å². The fourth-order valence-corrected chi connectivity index (χ4v) is 3.42. The van der Waals surface area contributed by atoms with Crippen LogP contribution in [0.5, 0.6) is 0 Å². The molecule has 2 nitrogen and oxygen atoms in total. The Morgan fingerprint density at radius 2 is 1.18 bits per heavy atom. The smallest absolute Gasteiger partial charge is 0.0971 e. The van der Waals surface area contributed by atoms with E-state index in [1.54, 1.807) is 0 Å². The van der Waals surface area contributed by atoms with E-state index in [1.807, 2.05) is 0 Å². The van der Waals surface area contributed by atoms with Gasteiger partial charge in [0.15, 0.2) is 0 Å². The number of rotatable bonds is 15. The molecule has 0 aromatic rings. The first kappa shape index (κ1) is 20.0. The molecule has 0 bridgehead atoms. The van der Waals surface area contributed by atoms with Gasteiger partial charge in [-0.2, -0.15) is 0 Å². The van der Waals surface area contributed by atoms with E-state index in [-0.39, 0.29) is 5.54 Å². The Kier molecular flexibility index (Phi) is 12.1. The Labute approximate surface area is 139 Å². The third-order valence-electron chi connectivity index (χ3n) is 5.10. The van der Waals surface area contributed by atoms with Crippen LogP contribution in [0.3, 0.4) is 0 Å². The molecule has 0 saturated carbocycles. The minimum atomic E-state index is 0.261. The molecule has 132 valence electrons. The van der Waals surface area contributed by atoms with Gasteiger partial charge in [0.2, 0.25) is 0 Å². The molecule has 1 atom stereocenters. The maximum atomic E-state index is 5.42. The maximum absolute atomic E-state index is 5.42. The van der Waals surface area contributed by atoms with Gasteiger partial charge < -0.3 is 4.74 Å². The van der Waals surface area contributed by atoms with Gasteiger partial charge in [-0.1, -0.05) is 96.8 Å². The van der Waals surface area contributed by atoms with Gasteiger partial charge in [-0.25, -0.2) is 0 Å². The molecule has 0 aromatic carbocycles. The van der Waals surface area contributed by atoms with Crippen molar-refractivity contribution < 1.29 is 4.74 Å². The van der Waals surface area contributed by atoms with Crippen molar-refractivity contribution in [3.8, 4) is 0 Å². The molecule has 1 aliphatic rings. The van der Waals surface area contributed by atoms with Gasteiger partial charge >= 0.3 is 0 Å². The molecule has 0 amide bonds. The van der Waals surface area contributed by atoms with E-state index in [0.717, 1.165) is 13.3 Å². The Morgan fingerprint density at radius 1 is 0.727 bits per heavy atom. The highest BCUT2D eigenvalue weighted by Gasteiger charge is 2.27. The lowest BCUT2D eigenvalue weighted by atomic mass is 9.95. The fraction of sp³-hybridized carbons (Fsp3) is 1.00. The van der Waals surface area contributed by atoms with Crippen molar-refractivity contribution in [3.63, 3.8) is 0 Å². The maximum Gasteiger partial charge on any atom is 0.0971 e. The average Bonchev–Trinajstić information content (AvgIpc) is 2.94. The van der Waals surface area contributed by atoms with E-state index >= 15 is 0 Å². The van der Waals surface area contributed by atoms with Crippen LogP contribution in [-0.2, 0) is 4.74 Å². The van der Waals surface area contributed by atoms with Gasteiger partial charge in [0, 0.05) is 5.54 Å². The summed E-state index contributed by atoms with van der Waals surface area (Å²) in [5.74, 6) is 0. The van der Waals surface area contributed by atoms with Crippen LogP contribution in [0.2, 0.25) is 0 Å². The van der Waals surface area contributed by atoms with E-state index in [9.17, 15) is 0 Å². The summed E-state index contributed by atoms with van der Waals surface area (Å²) in [4.78, 5) is 0. The molecule has 0 aliphatic carbocycles. The largest absolute Gasteiger partial charge is 0.364 e. The van der Waals surface area contributed by atoms with Crippen LogP contribution in [0, 0.1) is 0 Å². The normalized spacial score (nSPS) is 21.5. The summed E-state index contributed by atoms with van der Waals surface area (Å²) in [5, 5.41) is 3.46. The van der Waals surface area contributed by atoms with Crippen LogP contribution in [0.1, 0.15) is 110 Å². The summed E-state index contributed by atoms with van der Waals surface area (Å²) >= 11 is 0. The minimum Gasteiger partial charge on any atom is -0.364 e. The third-order valence-corrected chi connectivity index (χ3v) is 5.10. The monoisotopic (exact) mass is 311 g/mol. The molecular weight excluding hydrogens is 270 g/mol. The molecule has 1 rings (SSSR count). The molecule has 1 saturated heterocycles. The predicted octanol–water partition coefficient (Wildman–Crippen LogP) is 6.19. The Bertz CT molecular complexity index is 236. The van der Waals surface area contributed by atoms with Gasteiger partial charge in [0.05, 0.1) is 13.3 Å². The van der Waals surface area contributed by atoms with Crippen molar-refractivity contribution >= 4 is 0 Å². The molecule has 0 radical (unpaired) electrons. The van der Waals surface area contributed by atoms with E-state index in [4.69, 9.17) is 4.74 Å². The Morgan fingerprint density at radius 3 is 1.59 bits per heavy atom. The summed E-state index contributed by atoms with van der Waals surface area (Å²) in [5.41, 5.74) is 0.261. The lowest BCUT2D eigenvalue weighted by Gasteiger charge is -2.21. The van der Waals surface area contributed by atoms with Gasteiger partial charge in [-0.15, -0.1) is 0 Å².